The number of aryl methyl sites for hydroxylation is 1. The number of ether oxygens (including phenoxy) is 4. The van der Waals surface area contributed by atoms with Gasteiger partial charge < -0.3 is 24.3 Å². The molecule has 0 aliphatic heterocycles. The van der Waals surface area contributed by atoms with E-state index in [1.165, 1.54) is 21.3 Å². The molecule has 0 bridgehead atoms. The van der Waals surface area contributed by atoms with Crippen LogP contribution in [0.5, 0.6) is 17.2 Å². The normalized spacial score (nSPS) is 9.97. The Morgan fingerprint density at radius 2 is 1.57 bits per heavy atom. The van der Waals surface area contributed by atoms with Gasteiger partial charge in [0.25, 0.3) is 5.91 Å². The number of anilines is 1. The Morgan fingerprint density at radius 1 is 0.867 bits per heavy atom. The molecule has 9 heteroatoms. The number of benzene rings is 2. The van der Waals surface area contributed by atoms with E-state index >= 15 is 0 Å². The van der Waals surface area contributed by atoms with Crippen LogP contribution >= 0.6 is 0 Å². The predicted molar refractivity (Wildman–Crippen MR) is 109 cm³/mol. The molecule has 0 atom stereocenters. The van der Waals surface area contributed by atoms with Crippen LogP contribution in [0.4, 0.5) is 10.5 Å². The first kappa shape index (κ1) is 22.5. The van der Waals surface area contributed by atoms with Crippen LogP contribution < -0.4 is 24.8 Å². The summed E-state index contributed by atoms with van der Waals surface area (Å²) in [6.45, 7) is -0.555. The first-order valence-corrected chi connectivity index (χ1v) is 9.06. The van der Waals surface area contributed by atoms with E-state index in [2.05, 4.69) is 10.6 Å². The molecule has 9 nitrogen and oxygen atoms in total. The highest BCUT2D eigenvalue weighted by molar-refractivity contribution is 6.01. The van der Waals surface area contributed by atoms with Crippen molar-refractivity contribution in [1.82, 2.24) is 5.32 Å². The van der Waals surface area contributed by atoms with E-state index in [-0.39, 0.29) is 6.42 Å². The summed E-state index contributed by atoms with van der Waals surface area (Å²) in [4.78, 5) is 35.5. The second-order valence-corrected chi connectivity index (χ2v) is 6.08. The highest BCUT2D eigenvalue weighted by Gasteiger charge is 2.12. The van der Waals surface area contributed by atoms with E-state index in [9.17, 15) is 14.4 Å². The zero-order valence-electron chi connectivity index (χ0n) is 17.0. The van der Waals surface area contributed by atoms with Crippen molar-refractivity contribution in [1.29, 1.82) is 0 Å². The van der Waals surface area contributed by atoms with Crippen LogP contribution in [-0.2, 0) is 20.7 Å². The van der Waals surface area contributed by atoms with Crippen LogP contribution in [0.2, 0.25) is 0 Å². The summed E-state index contributed by atoms with van der Waals surface area (Å²) in [5, 5.41) is 4.58. The fraction of sp³-hybridized carbons (Fsp3) is 0.286. The largest absolute Gasteiger partial charge is 0.497 e. The van der Waals surface area contributed by atoms with Gasteiger partial charge in [-0.25, -0.2) is 4.79 Å². The van der Waals surface area contributed by atoms with E-state index in [1.54, 1.807) is 36.4 Å². The number of carbonyl (C=O) groups excluding carboxylic acids is 3. The van der Waals surface area contributed by atoms with Gasteiger partial charge in [0.15, 0.2) is 18.1 Å². The van der Waals surface area contributed by atoms with Crippen molar-refractivity contribution >= 4 is 23.6 Å². The molecule has 2 N–H and O–H groups in total. The molecule has 0 saturated heterocycles. The van der Waals surface area contributed by atoms with Crippen molar-refractivity contribution in [2.75, 3.05) is 33.3 Å². The molecular formula is C21H24N2O7. The van der Waals surface area contributed by atoms with Crippen molar-refractivity contribution in [3.05, 3.63) is 48.0 Å². The predicted octanol–water partition coefficient (Wildman–Crippen LogP) is 2.54. The molecule has 0 radical (unpaired) electrons. The van der Waals surface area contributed by atoms with Crippen LogP contribution in [0.25, 0.3) is 0 Å². The van der Waals surface area contributed by atoms with Gasteiger partial charge in [0.05, 0.1) is 21.3 Å². The summed E-state index contributed by atoms with van der Waals surface area (Å²) in [7, 11) is 4.60. The summed E-state index contributed by atoms with van der Waals surface area (Å²) in [6, 6.07) is 11.2. The average molecular weight is 416 g/mol. The smallest absolute Gasteiger partial charge is 0.325 e. The molecule has 160 valence electrons. The van der Waals surface area contributed by atoms with E-state index in [4.69, 9.17) is 18.9 Å². The first-order valence-electron chi connectivity index (χ1n) is 9.06. The number of nitrogens with one attached hydrogen (secondary N) is 2. The molecule has 2 rings (SSSR count). The molecule has 2 aromatic carbocycles. The van der Waals surface area contributed by atoms with Gasteiger partial charge in [-0.15, -0.1) is 0 Å². The standard InChI is InChI=1S/C21H24N2O7/c1-27-16-8-6-15(7-9-16)22-21(26)23-19(24)13-30-20(25)11-5-14-4-10-17(28-2)18(12-14)29-3/h4,6-10,12H,5,11,13H2,1-3H3,(H2,22,23,24,26). The fourth-order valence-corrected chi connectivity index (χ4v) is 2.50. The van der Waals surface area contributed by atoms with E-state index in [0.717, 1.165) is 5.56 Å². The molecule has 0 aromatic heterocycles. The molecule has 0 spiro atoms. The summed E-state index contributed by atoms with van der Waals surface area (Å²) in [6.07, 6.45) is 0.472. The number of amides is 3. The third-order valence-electron chi connectivity index (χ3n) is 4.03. The molecule has 2 aromatic rings. The molecule has 0 saturated carbocycles. The van der Waals surface area contributed by atoms with E-state index in [1.807, 2.05) is 6.07 Å². The van der Waals surface area contributed by atoms with Crippen molar-refractivity contribution in [2.45, 2.75) is 12.8 Å². The Labute approximate surface area is 174 Å². The van der Waals surface area contributed by atoms with Gasteiger partial charge in [-0.1, -0.05) is 6.07 Å². The lowest BCUT2D eigenvalue weighted by Gasteiger charge is -2.10. The average Bonchev–Trinajstić information content (AvgIpc) is 2.76. The van der Waals surface area contributed by atoms with Crippen molar-refractivity contribution in [3.63, 3.8) is 0 Å². The molecular weight excluding hydrogens is 392 g/mol. The summed E-state index contributed by atoms with van der Waals surface area (Å²) >= 11 is 0. The summed E-state index contributed by atoms with van der Waals surface area (Å²) < 4.78 is 20.3. The minimum Gasteiger partial charge on any atom is -0.497 e. The minimum atomic E-state index is -0.736. The second-order valence-electron chi connectivity index (χ2n) is 6.08. The lowest BCUT2D eigenvalue weighted by atomic mass is 10.1. The first-order chi connectivity index (χ1) is 14.4. The van der Waals surface area contributed by atoms with Crippen LogP contribution in [0.3, 0.4) is 0 Å². The van der Waals surface area contributed by atoms with Crippen molar-refractivity contribution in [3.8, 4) is 17.2 Å². The number of rotatable bonds is 9. The Kier molecular flexibility index (Phi) is 8.49. The number of methoxy groups -OCH3 is 3. The molecule has 0 fully saturated rings. The quantitative estimate of drug-likeness (QED) is 0.604. The van der Waals surface area contributed by atoms with Gasteiger partial charge >= 0.3 is 12.0 Å². The fourth-order valence-electron chi connectivity index (χ4n) is 2.50. The van der Waals surface area contributed by atoms with Crippen molar-refractivity contribution in [2.24, 2.45) is 0 Å². The third kappa shape index (κ3) is 7.01. The number of esters is 1. The summed E-state index contributed by atoms with van der Waals surface area (Å²) in [5.74, 6) is 0.493. The second kappa shape index (κ2) is 11.3. The molecule has 0 aliphatic carbocycles. The minimum absolute atomic E-state index is 0.0702. The van der Waals surface area contributed by atoms with Gasteiger partial charge in [-0.3, -0.25) is 14.9 Å². The Hall–Kier alpha value is -3.75. The number of hydrogen-bond acceptors (Lipinski definition) is 7. The maximum absolute atomic E-state index is 11.9. The summed E-state index contributed by atoms with van der Waals surface area (Å²) in [5.41, 5.74) is 1.33. The molecule has 0 heterocycles. The SMILES string of the molecule is COc1ccc(NC(=O)NC(=O)COC(=O)CCc2ccc(OC)c(OC)c2)cc1. The Bertz CT molecular complexity index is 881. The maximum Gasteiger partial charge on any atom is 0.325 e. The maximum atomic E-state index is 11.9. The molecule has 0 aliphatic rings. The van der Waals surface area contributed by atoms with Gasteiger partial charge in [-0.2, -0.15) is 0 Å². The van der Waals surface area contributed by atoms with Gasteiger partial charge in [0.1, 0.15) is 5.75 Å². The monoisotopic (exact) mass is 416 g/mol. The number of hydrogen-bond donors (Lipinski definition) is 2. The van der Waals surface area contributed by atoms with Gasteiger partial charge in [0.2, 0.25) is 0 Å². The number of carbonyl (C=O) groups is 3. The lowest BCUT2D eigenvalue weighted by Crippen LogP contribution is -2.37. The number of imide groups is 1. The molecule has 30 heavy (non-hydrogen) atoms. The zero-order chi connectivity index (χ0) is 21.9. The molecule has 3 amide bonds. The Balaban J connectivity index is 1.72. The van der Waals surface area contributed by atoms with Crippen molar-refractivity contribution < 1.29 is 33.3 Å². The third-order valence-corrected chi connectivity index (χ3v) is 4.03. The van der Waals surface area contributed by atoms with Gasteiger partial charge in [0, 0.05) is 12.1 Å². The number of urea groups is 1. The lowest BCUT2D eigenvalue weighted by molar-refractivity contribution is -0.148. The zero-order valence-corrected chi connectivity index (χ0v) is 17.0. The van der Waals surface area contributed by atoms with Gasteiger partial charge in [-0.05, 0) is 48.4 Å². The highest BCUT2D eigenvalue weighted by Crippen LogP contribution is 2.28. The van der Waals surface area contributed by atoms with Crippen LogP contribution in [0.1, 0.15) is 12.0 Å². The van der Waals surface area contributed by atoms with Crippen LogP contribution in [-0.4, -0.2) is 45.8 Å². The van der Waals surface area contributed by atoms with E-state index in [0.29, 0.717) is 29.4 Å². The molecule has 0 unspecified atom stereocenters. The highest BCUT2D eigenvalue weighted by atomic mass is 16.5. The Morgan fingerprint density at radius 3 is 2.20 bits per heavy atom. The van der Waals surface area contributed by atoms with Crippen LogP contribution in [0.15, 0.2) is 42.5 Å². The van der Waals surface area contributed by atoms with Crippen LogP contribution in [0, 0.1) is 0 Å². The van der Waals surface area contributed by atoms with E-state index < -0.39 is 24.5 Å². The topological polar surface area (TPSA) is 112 Å².